The van der Waals surface area contributed by atoms with Crippen LogP contribution in [0.5, 0.6) is 0 Å². The van der Waals surface area contributed by atoms with E-state index in [1.54, 1.807) is 0 Å². The number of hydrogen-bond donors (Lipinski definition) is 3. The van der Waals surface area contributed by atoms with Gasteiger partial charge in [0, 0.05) is 25.4 Å². The van der Waals surface area contributed by atoms with Crippen molar-refractivity contribution >= 4 is 12.6 Å². The van der Waals surface area contributed by atoms with Gasteiger partial charge in [-0.25, -0.2) is 0 Å². The van der Waals surface area contributed by atoms with Crippen LogP contribution >= 0.6 is 12.6 Å². The maximum atomic E-state index is 9.74. The summed E-state index contributed by atoms with van der Waals surface area (Å²) in [5, 5.41) is 19.5. The second-order valence-electron chi connectivity index (χ2n) is 4.37. The molecule has 0 saturated heterocycles. The van der Waals surface area contributed by atoms with Crippen LogP contribution in [0.3, 0.4) is 0 Å². The molecule has 0 spiro atoms. The zero-order valence-corrected chi connectivity index (χ0v) is 11.5. The van der Waals surface area contributed by atoms with Gasteiger partial charge in [-0.2, -0.15) is 12.6 Å². The number of thiol groups is 1. The first-order chi connectivity index (χ1) is 7.63. The molecule has 0 aromatic heterocycles. The van der Waals surface area contributed by atoms with Crippen molar-refractivity contribution in [3.05, 3.63) is 0 Å². The smallest absolute Gasteiger partial charge is 0.0667 e. The largest absolute Gasteiger partial charge is 0.392 e. The quantitative estimate of drug-likeness (QED) is 0.515. The molecule has 0 radical (unpaired) electrons. The summed E-state index contributed by atoms with van der Waals surface area (Å²) in [5.41, 5.74) is 0. The van der Waals surface area contributed by atoms with E-state index in [4.69, 9.17) is 0 Å². The lowest BCUT2D eigenvalue weighted by Crippen LogP contribution is -2.39. The monoisotopic (exact) mass is 249 g/mol. The third kappa shape index (κ3) is 8.39. The molecule has 0 heterocycles. The predicted molar refractivity (Wildman–Crippen MR) is 72.1 cm³/mol. The molecule has 0 aliphatic heterocycles. The molecule has 16 heavy (non-hydrogen) atoms. The molecule has 0 fully saturated rings. The fraction of sp³-hybridized carbons (Fsp3) is 1.00. The van der Waals surface area contributed by atoms with Crippen LogP contribution in [0.25, 0.3) is 0 Å². The molecule has 0 saturated carbocycles. The van der Waals surface area contributed by atoms with Crippen LogP contribution in [0.15, 0.2) is 0 Å². The molecule has 0 aromatic rings. The minimum absolute atomic E-state index is 0.279. The van der Waals surface area contributed by atoms with E-state index in [9.17, 15) is 10.2 Å². The second-order valence-corrected chi connectivity index (χ2v) is 4.82. The SMILES string of the molecule is CCCC(O)CN(CCS)CC(O)CCC. The van der Waals surface area contributed by atoms with Crippen LogP contribution in [0.4, 0.5) is 0 Å². The Morgan fingerprint density at radius 2 is 1.44 bits per heavy atom. The third-order valence-electron chi connectivity index (χ3n) is 2.60. The Balaban J connectivity index is 3.94. The fourth-order valence-corrected chi connectivity index (χ4v) is 2.13. The Hall–Kier alpha value is 0.230. The van der Waals surface area contributed by atoms with Gasteiger partial charge in [0.05, 0.1) is 12.2 Å². The van der Waals surface area contributed by atoms with Crippen molar-refractivity contribution in [1.82, 2.24) is 4.90 Å². The highest BCUT2D eigenvalue weighted by Gasteiger charge is 2.14. The molecule has 3 nitrogen and oxygen atoms in total. The maximum absolute atomic E-state index is 9.74. The summed E-state index contributed by atoms with van der Waals surface area (Å²) in [6.45, 7) is 6.26. The Morgan fingerprint density at radius 3 is 1.75 bits per heavy atom. The third-order valence-corrected chi connectivity index (χ3v) is 2.80. The van der Waals surface area contributed by atoms with Gasteiger partial charge < -0.3 is 10.2 Å². The van der Waals surface area contributed by atoms with E-state index in [0.29, 0.717) is 13.1 Å². The summed E-state index contributed by atoms with van der Waals surface area (Å²) in [6.07, 6.45) is 3.08. The summed E-state index contributed by atoms with van der Waals surface area (Å²) in [6, 6.07) is 0. The summed E-state index contributed by atoms with van der Waals surface area (Å²) in [7, 11) is 0. The van der Waals surface area contributed by atoms with Gasteiger partial charge in [-0.05, 0) is 12.8 Å². The zero-order chi connectivity index (χ0) is 12.4. The molecule has 0 bridgehead atoms. The van der Waals surface area contributed by atoms with Crippen LogP contribution in [0.1, 0.15) is 39.5 Å². The van der Waals surface area contributed by atoms with Crippen molar-refractivity contribution in [3.63, 3.8) is 0 Å². The molecule has 0 aliphatic rings. The molecule has 2 atom stereocenters. The summed E-state index contributed by atoms with van der Waals surface area (Å²) >= 11 is 4.20. The standard InChI is InChI=1S/C12H27NO2S/c1-3-5-11(14)9-13(7-8-16)10-12(15)6-4-2/h11-12,14-16H,3-10H2,1-2H3. The van der Waals surface area contributed by atoms with E-state index < -0.39 is 0 Å². The average Bonchev–Trinajstić information content (AvgIpc) is 2.18. The highest BCUT2D eigenvalue weighted by Crippen LogP contribution is 2.04. The lowest BCUT2D eigenvalue weighted by atomic mass is 10.1. The van der Waals surface area contributed by atoms with Gasteiger partial charge in [0.2, 0.25) is 0 Å². The topological polar surface area (TPSA) is 43.7 Å². The van der Waals surface area contributed by atoms with E-state index in [0.717, 1.165) is 38.0 Å². The van der Waals surface area contributed by atoms with E-state index in [2.05, 4.69) is 31.4 Å². The zero-order valence-electron chi connectivity index (χ0n) is 10.6. The molecular formula is C12H27NO2S. The molecule has 2 N–H and O–H groups in total. The van der Waals surface area contributed by atoms with Crippen molar-refractivity contribution in [2.75, 3.05) is 25.4 Å². The number of nitrogens with zero attached hydrogens (tertiary/aromatic N) is 1. The predicted octanol–water partition coefficient (Wildman–Crippen LogP) is 1.54. The lowest BCUT2D eigenvalue weighted by molar-refractivity contribution is 0.0655. The van der Waals surface area contributed by atoms with E-state index in [1.807, 2.05) is 0 Å². The molecule has 0 aromatic carbocycles. The van der Waals surface area contributed by atoms with Gasteiger partial charge in [0.25, 0.3) is 0 Å². The van der Waals surface area contributed by atoms with Crippen molar-refractivity contribution < 1.29 is 10.2 Å². The fourth-order valence-electron chi connectivity index (χ4n) is 1.84. The summed E-state index contributed by atoms with van der Waals surface area (Å²) < 4.78 is 0. The van der Waals surface area contributed by atoms with Gasteiger partial charge in [-0.15, -0.1) is 0 Å². The normalized spacial score (nSPS) is 15.4. The van der Waals surface area contributed by atoms with E-state index in [1.165, 1.54) is 0 Å². The highest BCUT2D eigenvalue weighted by atomic mass is 32.1. The molecule has 0 rings (SSSR count). The Kier molecular flexibility index (Phi) is 10.5. The molecule has 4 heteroatoms. The molecule has 2 unspecified atom stereocenters. The van der Waals surface area contributed by atoms with Crippen LogP contribution in [0.2, 0.25) is 0 Å². The van der Waals surface area contributed by atoms with Gasteiger partial charge in [-0.3, -0.25) is 4.90 Å². The number of rotatable bonds is 10. The van der Waals surface area contributed by atoms with Gasteiger partial charge in [-0.1, -0.05) is 26.7 Å². The first-order valence-electron chi connectivity index (χ1n) is 6.33. The van der Waals surface area contributed by atoms with Gasteiger partial charge in [0.15, 0.2) is 0 Å². The number of hydrogen-bond acceptors (Lipinski definition) is 4. The summed E-state index contributed by atoms with van der Waals surface area (Å²) in [5.74, 6) is 0.762. The molecule has 0 amide bonds. The minimum atomic E-state index is -0.279. The van der Waals surface area contributed by atoms with Crippen molar-refractivity contribution in [3.8, 4) is 0 Å². The second kappa shape index (κ2) is 10.4. The molecular weight excluding hydrogens is 222 g/mol. The van der Waals surface area contributed by atoms with Crippen LogP contribution in [-0.2, 0) is 0 Å². The van der Waals surface area contributed by atoms with Gasteiger partial charge >= 0.3 is 0 Å². The summed E-state index contributed by atoms with van der Waals surface area (Å²) in [4.78, 5) is 2.10. The Labute approximate surface area is 105 Å². The average molecular weight is 249 g/mol. The van der Waals surface area contributed by atoms with Crippen molar-refractivity contribution in [2.45, 2.75) is 51.7 Å². The Bertz CT molecular complexity index is 144. The first kappa shape index (κ1) is 16.2. The van der Waals surface area contributed by atoms with Crippen LogP contribution in [-0.4, -0.2) is 52.7 Å². The van der Waals surface area contributed by atoms with Crippen LogP contribution in [0, 0.1) is 0 Å². The molecule has 98 valence electrons. The Morgan fingerprint density at radius 1 is 1.00 bits per heavy atom. The van der Waals surface area contributed by atoms with Crippen molar-refractivity contribution in [2.24, 2.45) is 0 Å². The van der Waals surface area contributed by atoms with Gasteiger partial charge in [0.1, 0.15) is 0 Å². The van der Waals surface area contributed by atoms with E-state index >= 15 is 0 Å². The van der Waals surface area contributed by atoms with E-state index in [-0.39, 0.29) is 12.2 Å². The van der Waals surface area contributed by atoms with Crippen LogP contribution < -0.4 is 0 Å². The number of aliphatic hydroxyl groups is 2. The minimum Gasteiger partial charge on any atom is -0.392 e. The highest BCUT2D eigenvalue weighted by molar-refractivity contribution is 7.80. The number of aliphatic hydroxyl groups excluding tert-OH is 2. The first-order valence-corrected chi connectivity index (χ1v) is 6.96. The van der Waals surface area contributed by atoms with Crippen molar-refractivity contribution in [1.29, 1.82) is 0 Å². The maximum Gasteiger partial charge on any atom is 0.0667 e. The lowest BCUT2D eigenvalue weighted by Gasteiger charge is -2.26. The molecule has 0 aliphatic carbocycles.